The molecule has 0 unspecified atom stereocenters. The number of benzene rings is 1. The lowest BCUT2D eigenvalue weighted by molar-refractivity contribution is -0.154. The van der Waals surface area contributed by atoms with Crippen LogP contribution in [0.4, 0.5) is 11.6 Å². The Morgan fingerprint density at radius 1 is 1.18 bits per heavy atom. The summed E-state index contributed by atoms with van der Waals surface area (Å²) in [5.41, 5.74) is 2.47. The monoisotopic (exact) mass is 478 g/mol. The van der Waals surface area contributed by atoms with Crippen LogP contribution in [0.2, 0.25) is 0 Å². The number of carbonyl (C=O) groups is 1. The number of carboxylic acid groups (broad SMARTS) is 1. The third-order valence-corrected chi connectivity index (χ3v) is 8.27. The molecule has 2 aliphatic rings. The Kier molecular flexibility index (Phi) is 5.68. The van der Waals surface area contributed by atoms with E-state index in [1.807, 2.05) is 32.9 Å². The van der Waals surface area contributed by atoms with Crippen LogP contribution in [0.1, 0.15) is 68.1 Å². The molecule has 0 aliphatic heterocycles. The standard InChI is InChI=1S/C26H30N4O3S/c1-15-10-17(12-18(11-15)29-24-27-9-7-20(30-24)16-4-5-16)21-13-28-23(34-21)26(33)8-6-19(22(31)32)25(2,3)14-26/h7,9-13,16,19,33H,4-6,8,14H2,1-3H3,(H,31,32)(H,27,29,30)/t19-,26-/m0/s1. The summed E-state index contributed by atoms with van der Waals surface area (Å²) in [6.45, 7) is 5.88. The van der Waals surface area contributed by atoms with Gasteiger partial charge in [0.1, 0.15) is 10.6 Å². The van der Waals surface area contributed by atoms with Crippen molar-refractivity contribution >= 4 is 28.9 Å². The van der Waals surface area contributed by atoms with E-state index in [9.17, 15) is 15.0 Å². The van der Waals surface area contributed by atoms with Gasteiger partial charge in [0, 0.05) is 29.7 Å². The van der Waals surface area contributed by atoms with E-state index in [1.165, 1.54) is 24.2 Å². The van der Waals surface area contributed by atoms with E-state index in [1.54, 1.807) is 12.4 Å². The Balaban J connectivity index is 1.38. The van der Waals surface area contributed by atoms with Crippen LogP contribution in [0.25, 0.3) is 10.4 Å². The lowest BCUT2D eigenvalue weighted by Gasteiger charge is -2.44. The summed E-state index contributed by atoms with van der Waals surface area (Å²) in [6, 6.07) is 8.19. The zero-order chi connectivity index (χ0) is 24.1. The molecule has 5 rings (SSSR count). The van der Waals surface area contributed by atoms with Crippen molar-refractivity contribution in [1.29, 1.82) is 0 Å². The van der Waals surface area contributed by atoms with Gasteiger partial charge in [0.2, 0.25) is 5.95 Å². The van der Waals surface area contributed by atoms with E-state index >= 15 is 0 Å². The maximum Gasteiger partial charge on any atom is 0.307 e. The molecule has 2 aromatic heterocycles. The minimum absolute atomic E-state index is 0.374. The highest BCUT2D eigenvalue weighted by molar-refractivity contribution is 7.15. The normalized spacial score (nSPS) is 24.1. The Morgan fingerprint density at radius 2 is 1.97 bits per heavy atom. The van der Waals surface area contributed by atoms with Crippen molar-refractivity contribution < 1.29 is 15.0 Å². The van der Waals surface area contributed by atoms with Crippen molar-refractivity contribution in [3.63, 3.8) is 0 Å². The molecule has 1 aromatic carbocycles. The molecule has 178 valence electrons. The number of hydrogen-bond acceptors (Lipinski definition) is 7. The van der Waals surface area contributed by atoms with Gasteiger partial charge in [-0.15, -0.1) is 11.3 Å². The van der Waals surface area contributed by atoms with E-state index in [-0.39, 0.29) is 0 Å². The molecule has 2 heterocycles. The molecule has 2 saturated carbocycles. The number of thiazole rings is 1. The number of aryl methyl sites for hydroxylation is 1. The maximum atomic E-state index is 11.6. The van der Waals surface area contributed by atoms with Gasteiger partial charge in [-0.25, -0.2) is 15.0 Å². The van der Waals surface area contributed by atoms with E-state index in [0.717, 1.165) is 27.4 Å². The molecule has 8 heteroatoms. The van der Waals surface area contributed by atoms with Crippen molar-refractivity contribution in [3.05, 3.63) is 52.9 Å². The maximum absolute atomic E-state index is 11.6. The second-order valence-electron chi connectivity index (χ2n) is 10.4. The molecule has 3 N–H and O–H groups in total. The first-order valence-corrected chi connectivity index (χ1v) is 12.6. The highest BCUT2D eigenvalue weighted by atomic mass is 32.1. The Labute approximate surface area is 203 Å². The Morgan fingerprint density at radius 3 is 2.68 bits per heavy atom. The minimum atomic E-state index is -1.11. The zero-order valence-electron chi connectivity index (χ0n) is 19.7. The number of aromatic nitrogens is 3. The molecule has 34 heavy (non-hydrogen) atoms. The molecule has 0 amide bonds. The summed E-state index contributed by atoms with van der Waals surface area (Å²) < 4.78 is 0. The molecule has 2 fully saturated rings. The SMILES string of the molecule is Cc1cc(Nc2nccc(C3CC3)n2)cc(-c2cnc([C@]3(O)CC[C@@H](C(=O)O)C(C)(C)C3)s2)c1. The van der Waals surface area contributed by atoms with Gasteiger partial charge in [0.05, 0.1) is 10.8 Å². The number of hydrogen-bond donors (Lipinski definition) is 3. The molecule has 2 atom stereocenters. The van der Waals surface area contributed by atoms with Gasteiger partial charge in [-0.1, -0.05) is 19.9 Å². The number of rotatable bonds is 6. The van der Waals surface area contributed by atoms with Gasteiger partial charge in [-0.2, -0.15) is 0 Å². The van der Waals surface area contributed by atoms with Crippen LogP contribution in [-0.4, -0.2) is 31.1 Å². The van der Waals surface area contributed by atoms with Gasteiger partial charge in [0.25, 0.3) is 0 Å². The molecule has 0 radical (unpaired) electrons. The van der Waals surface area contributed by atoms with Crippen LogP contribution in [0.5, 0.6) is 0 Å². The predicted octanol–water partition coefficient (Wildman–Crippen LogP) is 5.63. The van der Waals surface area contributed by atoms with Gasteiger partial charge in [-0.3, -0.25) is 4.79 Å². The van der Waals surface area contributed by atoms with Gasteiger partial charge in [-0.05, 0) is 73.8 Å². The highest BCUT2D eigenvalue weighted by Gasteiger charge is 2.49. The molecule has 0 saturated heterocycles. The number of nitrogens with one attached hydrogen (secondary N) is 1. The average molecular weight is 479 g/mol. The molecular weight excluding hydrogens is 448 g/mol. The van der Waals surface area contributed by atoms with Crippen LogP contribution >= 0.6 is 11.3 Å². The van der Waals surface area contributed by atoms with Crippen molar-refractivity contribution in [2.24, 2.45) is 11.3 Å². The summed E-state index contributed by atoms with van der Waals surface area (Å²) in [7, 11) is 0. The van der Waals surface area contributed by atoms with Gasteiger partial charge in [0.15, 0.2) is 0 Å². The van der Waals surface area contributed by atoms with Gasteiger partial charge < -0.3 is 15.5 Å². The minimum Gasteiger partial charge on any atom is -0.481 e. The fourth-order valence-corrected chi connectivity index (χ4v) is 6.19. The average Bonchev–Trinajstić information content (AvgIpc) is 3.48. The number of nitrogens with zero attached hydrogens (tertiary/aromatic N) is 3. The van der Waals surface area contributed by atoms with E-state index in [4.69, 9.17) is 0 Å². The lowest BCUT2D eigenvalue weighted by atomic mass is 9.63. The van der Waals surface area contributed by atoms with Crippen molar-refractivity contribution in [2.75, 3.05) is 5.32 Å². The fourth-order valence-electron chi connectivity index (χ4n) is 5.17. The number of anilines is 2. The second kappa shape index (κ2) is 8.43. The zero-order valence-corrected chi connectivity index (χ0v) is 20.5. The van der Waals surface area contributed by atoms with Crippen LogP contribution in [-0.2, 0) is 10.4 Å². The first kappa shape index (κ1) is 22.9. The Hall–Kier alpha value is -2.84. The second-order valence-corrected chi connectivity index (χ2v) is 11.5. The molecule has 7 nitrogen and oxygen atoms in total. The van der Waals surface area contributed by atoms with Crippen molar-refractivity contribution in [3.8, 4) is 10.4 Å². The fraction of sp³-hybridized carbons (Fsp3) is 0.462. The summed E-state index contributed by atoms with van der Waals surface area (Å²) in [6.07, 6.45) is 7.20. The molecule has 3 aromatic rings. The molecule has 0 bridgehead atoms. The highest BCUT2D eigenvalue weighted by Crippen LogP contribution is 2.51. The van der Waals surface area contributed by atoms with Crippen molar-refractivity contribution in [1.82, 2.24) is 15.0 Å². The summed E-state index contributed by atoms with van der Waals surface area (Å²) in [4.78, 5) is 26.2. The number of aliphatic hydroxyl groups is 1. The summed E-state index contributed by atoms with van der Waals surface area (Å²) >= 11 is 1.47. The van der Waals surface area contributed by atoms with Crippen LogP contribution < -0.4 is 5.32 Å². The molecular formula is C26H30N4O3S. The van der Waals surface area contributed by atoms with E-state index < -0.39 is 22.9 Å². The first-order valence-electron chi connectivity index (χ1n) is 11.8. The number of carboxylic acids is 1. The third-order valence-electron chi connectivity index (χ3n) is 7.03. The summed E-state index contributed by atoms with van der Waals surface area (Å²) in [5, 5.41) is 25.0. The third kappa shape index (κ3) is 4.57. The quantitative estimate of drug-likeness (QED) is 0.421. The van der Waals surface area contributed by atoms with Gasteiger partial charge >= 0.3 is 5.97 Å². The Bertz CT molecular complexity index is 1240. The first-order chi connectivity index (χ1) is 16.1. The van der Waals surface area contributed by atoms with Crippen molar-refractivity contribution in [2.45, 2.75) is 64.4 Å². The smallest absolute Gasteiger partial charge is 0.307 e. The molecule has 2 aliphatic carbocycles. The van der Waals surface area contributed by atoms with Crippen LogP contribution in [0.15, 0.2) is 36.7 Å². The number of aliphatic carboxylic acids is 1. The van der Waals surface area contributed by atoms with Crippen LogP contribution in [0, 0.1) is 18.3 Å². The predicted molar refractivity (Wildman–Crippen MR) is 132 cm³/mol. The lowest BCUT2D eigenvalue weighted by Crippen LogP contribution is -2.44. The largest absolute Gasteiger partial charge is 0.481 e. The summed E-state index contributed by atoms with van der Waals surface area (Å²) in [5.74, 6) is -0.0946. The molecule has 0 spiro atoms. The van der Waals surface area contributed by atoms with E-state index in [2.05, 4.69) is 32.4 Å². The topological polar surface area (TPSA) is 108 Å². The van der Waals surface area contributed by atoms with Crippen LogP contribution in [0.3, 0.4) is 0 Å². The van der Waals surface area contributed by atoms with E-state index in [0.29, 0.717) is 36.1 Å².